The lowest BCUT2D eigenvalue weighted by molar-refractivity contribution is -0.122. The first-order valence-corrected chi connectivity index (χ1v) is 13.0. The minimum atomic E-state index is -3.83. The quantitative estimate of drug-likeness (QED) is 0.429. The van der Waals surface area contributed by atoms with E-state index in [1.807, 2.05) is 6.07 Å². The monoisotopic (exact) mass is 509 g/mol. The molecule has 36 heavy (non-hydrogen) atoms. The van der Waals surface area contributed by atoms with Crippen molar-refractivity contribution < 1.29 is 27.5 Å². The lowest BCUT2D eigenvalue weighted by atomic mass is 10.1. The molecular formula is C26H27N3O6S. The molecule has 1 unspecified atom stereocenters. The zero-order chi connectivity index (χ0) is 25.5. The summed E-state index contributed by atoms with van der Waals surface area (Å²) in [5.74, 6) is -0.876. The van der Waals surface area contributed by atoms with Crippen LogP contribution in [0, 0.1) is 0 Å². The smallest absolute Gasteiger partial charge is 0.267 e. The average Bonchev–Trinajstić information content (AvgIpc) is 2.88. The van der Waals surface area contributed by atoms with Crippen molar-refractivity contribution in [1.82, 2.24) is 5.32 Å². The van der Waals surface area contributed by atoms with E-state index in [1.54, 1.807) is 72.8 Å². The number of carbonyl (C=O) groups is 2. The molecule has 1 aliphatic heterocycles. The molecule has 1 aliphatic rings. The summed E-state index contributed by atoms with van der Waals surface area (Å²) in [6.07, 6.45) is -1.13. The van der Waals surface area contributed by atoms with E-state index >= 15 is 0 Å². The Hall–Kier alpha value is -3.89. The highest BCUT2D eigenvalue weighted by Gasteiger charge is 2.37. The standard InChI is InChI=1S/C26H27N3O6S/c1-34-16-15-27-25(30)20-11-5-6-12-21(20)28-26(31)24-17-29(22-13-7-8-14-23(22)35-24)36(32,33)18-19-9-3-2-4-10-19/h2-14,24H,15-18H2,1H3,(H,27,30)(H,28,31). The van der Waals surface area contributed by atoms with E-state index in [2.05, 4.69) is 10.6 Å². The molecule has 188 valence electrons. The first-order chi connectivity index (χ1) is 17.4. The van der Waals surface area contributed by atoms with Gasteiger partial charge in [0.05, 0.1) is 35.8 Å². The van der Waals surface area contributed by atoms with E-state index in [0.29, 0.717) is 30.1 Å². The van der Waals surface area contributed by atoms with Gasteiger partial charge in [-0.15, -0.1) is 0 Å². The molecule has 0 spiro atoms. The van der Waals surface area contributed by atoms with Gasteiger partial charge in [-0.2, -0.15) is 0 Å². The number of hydrogen-bond acceptors (Lipinski definition) is 6. The van der Waals surface area contributed by atoms with Crippen LogP contribution in [-0.2, 0) is 25.3 Å². The first-order valence-electron chi connectivity index (χ1n) is 11.4. The third kappa shape index (κ3) is 5.84. The number of carbonyl (C=O) groups excluding carboxylic acids is 2. The molecule has 4 rings (SSSR count). The van der Waals surface area contributed by atoms with E-state index in [1.165, 1.54) is 11.4 Å². The number of nitrogens with zero attached hydrogens (tertiary/aromatic N) is 1. The number of ether oxygens (including phenoxy) is 2. The molecule has 1 heterocycles. The Kier molecular flexibility index (Phi) is 7.87. The zero-order valence-electron chi connectivity index (χ0n) is 19.7. The average molecular weight is 510 g/mol. The normalized spacial score (nSPS) is 14.9. The molecule has 1 atom stereocenters. The highest BCUT2D eigenvalue weighted by molar-refractivity contribution is 7.92. The van der Waals surface area contributed by atoms with Crippen LogP contribution in [0.25, 0.3) is 0 Å². The third-order valence-corrected chi connectivity index (χ3v) is 7.29. The topological polar surface area (TPSA) is 114 Å². The maximum Gasteiger partial charge on any atom is 0.267 e. The molecule has 0 saturated heterocycles. The van der Waals surface area contributed by atoms with E-state index in [0.717, 1.165) is 0 Å². The number of hydrogen-bond donors (Lipinski definition) is 2. The van der Waals surface area contributed by atoms with Crippen LogP contribution in [0.4, 0.5) is 11.4 Å². The van der Waals surface area contributed by atoms with Gasteiger partial charge in [-0.25, -0.2) is 8.42 Å². The van der Waals surface area contributed by atoms with Crippen LogP contribution in [0.3, 0.4) is 0 Å². The fourth-order valence-corrected chi connectivity index (χ4v) is 5.41. The Balaban J connectivity index is 1.56. The Labute approximate surface area is 210 Å². The van der Waals surface area contributed by atoms with Gasteiger partial charge in [-0.3, -0.25) is 13.9 Å². The number of para-hydroxylation sites is 3. The number of sulfonamides is 1. The molecule has 3 aromatic carbocycles. The van der Waals surface area contributed by atoms with Gasteiger partial charge in [0.15, 0.2) is 6.10 Å². The number of methoxy groups -OCH3 is 1. The van der Waals surface area contributed by atoms with Gasteiger partial charge in [-0.05, 0) is 29.8 Å². The summed E-state index contributed by atoms with van der Waals surface area (Å²) in [5.41, 5.74) is 1.57. The Bertz CT molecular complexity index is 1330. The number of amides is 2. The fraction of sp³-hybridized carbons (Fsp3) is 0.231. The third-order valence-electron chi connectivity index (χ3n) is 5.58. The number of rotatable bonds is 9. The maximum absolute atomic E-state index is 13.4. The van der Waals surface area contributed by atoms with Crippen LogP contribution in [-0.4, -0.2) is 53.1 Å². The number of anilines is 2. The molecule has 10 heteroatoms. The summed E-state index contributed by atoms with van der Waals surface area (Å²) >= 11 is 0. The molecular weight excluding hydrogens is 482 g/mol. The molecule has 2 N–H and O–H groups in total. The zero-order valence-corrected chi connectivity index (χ0v) is 20.5. The molecule has 0 saturated carbocycles. The highest BCUT2D eigenvalue weighted by Crippen LogP contribution is 2.36. The van der Waals surface area contributed by atoms with Crippen molar-refractivity contribution in [3.05, 3.63) is 90.0 Å². The summed E-state index contributed by atoms with van der Waals surface area (Å²) < 4.78 is 38.8. The van der Waals surface area contributed by atoms with E-state index in [-0.39, 0.29) is 29.5 Å². The number of benzene rings is 3. The van der Waals surface area contributed by atoms with Crippen molar-refractivity contribution in [2.24, 2.45) is 0 Å². The van der Waals surface area contributed by atoms with Crippen molar-refractivity contribution in [1.29, 1.82) is 0 Å². The minimum absolute atomic E-state index is 0.208. The fourth-order valence-electron chi connectivity index (χ4n) is 3.83. The van der Waals surface area contributed by atoms with Crippen LogP contribution >= 0.6 is 0 Å². The lowest BCUT2D eigenvalue weighted by Gasteiger charge is -2.34. The highest BCUT2D eigenvalue weighted by atomic mass is 32.2. The Morgan fingerprint density at radius 3 is 2.47 bits per heavy atom. The van der Waals surface area contributed by atoms with Crippen molar-refractivity contribution in [2.75, 3.05) is 36.4 Å². The number of nitrogens with one attached hydrogen (secondary N) is 2. The van der Waals surface area contributed by atoms with E-state index < -0.39 is 22.0 Å². The van der Waals surface area contributed by atoms with Crippen LogP contribution < -0.4 is 19.7 Å². The van der Waals surface area contributed by atoms with Gasteiger partial charge in [0.1, 0.15) is 5.75 Å². The van der Waals surface area contributed by atoms with E-state index in [9.17, 15) is 18.0 Å². The van der Waals surface area contributed by atoms with Crippen LogP contribution in [0.2, 0.25) is 0 Å². The maximum atomic E-state index is 13.4. The minimum Gasteiger partial charge on any atom is -0.476 e. The second-order valence-corrected chi connectivity index (χ2v) is 10.0. The molecule has 2 amide bonds. The van der Waals surface area contributed by atoms with Crippen molar-refractivity contribution in [2.45, 2.75) is 11.9 Å². The molecule has 0 aliphatic carbocycles. The summed E-state index contributed by atoms with van der Waals surface area (Å²) in [6, 6.07) is 22.1. The summed E-state index contributed by atoms with van der Waals surface area (Å²) in [5, 5.41) is 5.45. The second kappa shape index (κ2) is 11.2. The predicted octanol–water partition coefficient (Wildman–Crippen LogP) is 2.80. The van der Waals surface area contributed by atoms with Crippen molar-refractivity contribution >= 4 is 33.2 Å². The van der Waals surface area contributed by atoms with E-state index in [4.69, 9.17) is 9.47 Å². The van der Waals surface area contributed by atoms with Crippen molar-refractivity contribution in [3.8, 4) is 5.75 Å². The largest absolute Gasteiger partial charge is 0.476 e. The summed E-state index contributed by atoms with van der Waals surface area (Å²) in [7, 11) is -2.29. The number of fused-ring (bicyclic) bond motifs is 1. The Morgan fingerprint density at radius 1 is 1.00 bits per heavy atom. The predicted molar refractivity (Wildman–Crippen MR) is 137 cm³/mol. The summed E-state index contributed by atoms with van der Waals surface area (Å²) in [4.78, 5) is 25.8. The van der Waals surface area contributed by atoms with Crippen LogP contribution in [0.15, 0.2) is 78.9 Å². The molecule has 3 aromatic rings. The second-order valence-electron chi connectivity index (χ2n) is 8.13. The van der Waals surface area contributed by atoms with Crippen molar-refractivity contribution in [3.63, 3.8) is 0 Å². The van der Waals surface area contributed by atoms with Gasteiger partial charge in [0.2, 0.25) is 10.0 Å². The molecule has 0 bridgehead atoms. The van der Waals surface area contributed by atoms with Crippen LogP contribution in [0.5, 0.6) is 5.75 Å². The van der Waals surface area contributed by atoms with Gasteiger partial charge < -0.3 is 20.1 Å². The molecule has 0 fully saturated rings. The van der Waals surface area contributed by atoms with Gasteiger partial charge >= 0.3 is 0 Å². The Morgan fingerprint density at radius 2 is 1.69 bits per heavy atom. The van der Waals surface area contributed by atoms with Gasteiger partial charge in [0, 0.05) is 13.7 Å². The van der Waals surface area contributed by atoms with Gasteiger partial charge in [-0.1, -0.05) is 54.6 Å². The molecule has 0 radical (unpaired) electrons. The first kappa shape index (κ1) is 25.2. The lowest BCUT2D eigenvalue weighted by Crippen LogP contribution is -2.49. The molecule has 0 aromatic heterocycles. The molecule has 9 nitrogen and oxygen atoms in total. The SMILES string of the molecule is COCCNC(=O)c1ccccc1NC(=O)C1CN(S(=O)(=O)Cc2ccccc2)c2ccccc2O1. The van der Waals surface area contributed by atoms with Crippen LogP contribution in [0.1, 0.15) is 15.9 Å². The van der Waals surface area contributed by atoms with Gasteiger partial charge in [0.25, 0.3) is 11.8 Å². The summed E-state index contributed by atoms with van der Waals surface area (Å²) in [6.45, 7) is 0.456.